The Kier molecular flexibility index (Phi) is 1.93. The molecule has 1 N–H and O–H groups in total. The number of nitrogens with one attached hydrogen (secondary N) is 1. The van der Waals surface area contributed by atoms with Gasteiger partial charge in [-0.3, -0.25) is 0 Å². The maximum Gasteiger partial charge on any atom is 0.0376 e. The lowest BCUT2D eigenvalue weighted by Crippen LogP contribution is -2.02. The van der Waals surface area contributed by atoms with Crippen LogP contribution in [-0.4, -0.2) is 7.05 Å². The first kappa shape index (κ1) is 7.87. The number of rotatable bonds is 1. The summed E-state index contributed by atoms with van der Waals surface area (Å²) in [5, 5.41) is 3.19. The first-order valence-electron chi connectivity index (χ1n) is 3.98. The molecule has 1 aromatic carbocycles. The molecule has 1 nitrogen and oxygen atoms in total. The fourth-order valence-electron chi connectivity index (χ4n) is 1.55. The Hall–Kier alpha value is -0.760. The summed E-state index contributed by atoms with van der Waals surface area (Å²) < 4.78 is 1.16. The SMILES string of the molecule is CNC1=CCc2cc(Br)ccc21. The highest BCUT2D eigenvalue weighted by atomic mass is 79.9. The van der Waals surface area contributed by atoms with Crippen molar-refractivity contribution in [2.45, 2.75) is 6.42 Å². The first-order chi connectivity index (χ1) is 5.81. The Morgan fingerprint density at radius 1 is 1.42 bits per heavy atom. The molecule has 0 atom stereocenters. The zero-order valence-corrected chi connectivity index (χ0v) is 8.48. The van der Waals surface area contributed by atoms with Gasteiger partial charge in [-0.15, -0.1) is 0 Å². The van der Waals surface area contributed by atoms with Crippen molar-refractivity contribution in [2.24, 2.45) is 0 Å². The van der Waals surface area contributed by atoms with Crippen LogP contribution in [0.5, 0.6) is 0 Å². The van der Waals surface area contributed by atoms with Gasteiger partial charge in [0, 0.05) is 22.8 Å². The maximum absolute atomic E-state index is 3.46. The monoisotopic (exact) mass is 223 g/mol. The fourth-order valence-corrected chi connectivity index (χ4v) is 1.96. The minimum atomic E-state index is 1.05. The number of benzene rings is 1. The van der Waals surface area contributed by atoms with Crippen LogP contribution in [0.15, 0.2) is 28.7 Å². The van der Waals surface area contributed by atoms with E-state index >= 15 is 0 Å². The number of fused-ring (bicyclic) bond motifs is 1. The molecular formula is C10H10BrN. The third kappa shape index (κ3) is 1.16. The van der Waals surface area contributed by atoms with Gasteiger partial charge in [0.2, 0.25) is 0 Å². The van der Waals surface area contributed by atoms with Crippen LogP contribution in [0.4, 0.5) is 0 Å². The smallest absolute Gasteiger partial charge is 0.0376 e. The molecule has 0 radical (unpaired) electrons. The van der Waals surface area contributed by atoms with Crippen LogP contribution < -0.4 is 5.32 Å². The molecule has 0 heterocycles. The highest BCUT2D eigenvalue weighted by Gasteiger charge is 2.11. The largest absolute Gasteiger partial charge is 0.388 e. The fraction of sp³-hybridized carbons (Fsp3) is 0.200. The molecule has 2 heteroatoms. The average molecular weight is 224 g/mol. The van der Waals surface area contributed by atoms with Gasteiger partial charge < -0.3 is 5.32 Å². The highest BCUT2D eigenvalue weighted by Crippen LogP contribution is 2.27. The van der Waals surface area contributed by atoms with Gasteiger partial charge in [0.25, 0.3) is 0 Å². The Labute approximate surface area is 80.6 Å². The van der Waals surface area contributed by atoms with Gasteiger partial charge >= 0.3 is 0 Å². The topological polar surface area (TPSA) is 12.0 Å². The van der Waals surface area contributed by atoms with Crippen molar-refractivity contribution < 1.29 is 0 Å². The molecule has 1 aromatic rings. The Balaban J connectivity index is 2.47. The molecule has 2 rings (SSSR count). The predicted molar refractivity (Wildman–Crippen MR) is 54.9 cm³/mol. The lowest BCUT2D eigenvalue weighted by Gasteiger charge is -2.04. The van der Waals surface area contributed by atoms with E-state index in [2.05, 4.69) is 45.5 Å². The predicted octanol–water partition coefficient (Wildman–Crippen LogP) is 2.57. The maximum atomic E-state index is 3.46. The van der Waals surface area contributed by atoms with Gasteiger partial charge in [-0.2, -0.15) is 0 Å². The summed E-state index contributed by atoms with van der Waals surface area (Å²) in [6.45, 7) is 0. The minimum Gasteiger partial charge on any atom is -0.388 e. The van der Waals surface area contributed by atoms with E-state index in [0.29, 0.717) is 0 Å². The second kappa shape index (κ2) is 2.94. The summed E-state index contributed by atoms with van der Waals surface area (Å²) >= 11 is 3.46. The first-order valence-corrected chi connectivity index (χ1v) is 4.77. The second-order valence-electron chi connectivity index (χ2n) is 2.87. The number of hydrogen-bond acceptors (Lipinski definition) is 1. The van der Waals surface area contributed by atoms with E-state index < -0.39 is 0 Å². The molecule has 0 amide bonds. The standard InChI is InChI=1S/C10H10BrN/c1-12-10-5-2-7-6-8(11)3-4-9(7)10/h3-6,12H,2H2,1H3. The molecule has 0 saturated heterocycles. The second-order valence-corrected chi connectivity index (χ2v) is 3.79. The zero-order chi connectivity index (χ0) is 8.55. The normalized spacial score (nSPS) is 14.0. The van der Waals surface area contributed by atoms with Gasteiger partial charge in [-0.25, -0.2) is 0 Å². The van der Waals surface area contributed by atoms with E-state index in [1.807, 2.05) is 7.05 Å². The summed E-state index contributed by atoms with van der Waals surface area (Å²) in [5.41, 5.74) is 3.98. The number of halogens is 1. The Morgan fingerprint density at radius 3 is 3.00 bits per heavy atom. The van der Waals surface area contributed by atoms with E-state index in [0.717, 1.165) is 10.9 Å². The third-order valence-electron chi connectivity index (χ3n) is 2.15. The van der Waals surface area contributed by atoms with Crippen LogP contribution in [0.25, 0.3) is 5.70 Å². The summed E-state index contributed by atoms with van der Waals surface area (Å²) in [6, 6.07) is 6.40. The van der Waals surface area contributed by atoms with Crippen molar-refractivity contribution in [3.63, 3.8) is 0 Å². The van der Waals surface area contributed by atoms with Crippen molar-refractivity contribution in [3.8, 4) is 0 Å². The Morgan fingerprint density at radius 2 is 2.25 bits per heavy atom. The van der Waals surface area contributed by atoms with Crippen molar-refractivity contribution in [1.82, 2.24) is 5.32 Å². The minimum absolute atomic E-state index is 1.05. The van der Waals surface area contributed by atoms with Crippen LogP contribution in [0.3, 0.4) is 0 Å². The van der Waals surface area contributed by atoms with E-state index in [9.17, 15) is 0 Å². The molecule has 1 aliphatic rings. The van der Waals surface area contributed by atoms with E-state index in [1.54, 1.807) is 0 Å². The van der Waals surface area contributed by atoms with Gasteiger partial charge in [0.1, 0.15) is 0 Å². The molecule has 1 aliphatic carbocycles. The van der Waals surface area contributed by atoms with Crippen molar-refractivity contribution in [1.29, 1.82) is 0 Å². The molecule has 0 spiro atoms. The van der Waals surface area contributed by atoms with E-state index in [-0.39, 0.29) is 0 Å². The summed E-state index contributed by atoms with van der Waals surface area (Å²) in [7, 11) is 1.96. The van der Waals surface area contributed by atoms with Crippen LogP contribution in [0.1, 0.15) is 11.1 Å². The zero-order valence-electron chi connectivity index (χ0n) is 6.89. The molecule has 0 aliphatic heterocycles. The summed E-state index contributed by atoms with van der Waals surface area (Å²) in [5.74, 6) is 0. The summed E-state index contributed by atoms with van der Waals surface area (Å²) in [6.07, 6.45) is 3.27. The van der Waals surface area contributed by atoms with E-state index in [4.69, 9.17) is 0 Å². The van der Waals surface area contributed by atoms with Gasteiger partial charge in [-0.05, 0) is 24.1 Å². The van der Waals surface area contributed by atoms with Crippen molar-refractivity contribution in [3.05, 3.63) is 39.9 Å². The lowest BCUT2D eigenvalue weighted by molar-refractivity contribution is 1.13. The molecule has 62 valence electrons. The highest BCUT2D eigenvalue weighted by molar-refractivity contribution is 9.10. The van der Waals surface area contributed by atoms with Gasteiger partial charge in [0.15, 0.2) is 0 Å². The molecule has 0 bridgehead atoms. The molecule has 0 saturated carbocycles. The molecule has 0 fully saturated rings. The average Bonchev–Trinajstić information content (AvgIpc) is 2.46. The quantitative estimate of drug-likeness (QED) is 0.772. The van der Waals surface area contributed by atoms with E-state index in [1.165, 1.54) is 16.8 Å². The van der Waals surface area contributed by atoms with Crippen LogP contribution in [0, 0.1) is 0 Å². The van der Waals surface area contributed by atoms with Gasteiger partial charge in [0.05, 0.1) is 0 Å². The number of allylic oxidation sites excluding steroid dienone is 1. The summed E-state index contributed by atoms with van der Waals surface area (Å²) in [4.78, 5) is 0. The van der Waals surface area contributed by atoms with Gasteiger partial charge in [-0.1, -0.05) is 28.1 Å². The van der Waals surface area contributed by atoms with Crippen LogP contribution in [0.2, 0.25) is 0 Å². The third-order valence-corrected chi connectivity index (χ3v) is 2.65. The number of hydrogen-bond donors (Lipinski definition) is 1. The molecule has 12 heavy (non-hydrogen) atoms. The van der Waals surface area contributed by atoms with Crippen molar-refractivity contribution >= 4 is 21.6 Å². The van der Waals surface area contributed by atoms with Crippen LogP contribution in [-0.2, 0) is 6.42 Å². The lowest BCUT2D eigenvalue weighted by atomic mass is 10.1. The molecule has 0 unspecified atom stereocenters. The van der Waals surface area contributed by atoms with Crippen molar-refractivity contribution in [2.75, 3.05) is 7.05 Å². The molecule has 0 aromatic heterocycles. The molecular weight excluding hydrogens is 214 g/mol. The Bertz CT molecular complexity index is 342. The van der Waals surface area contributed by atoms with Crippen LogP contribution >= 0.6 is 15.9 Å².